The van der Waals surface area contributed by atoms with Crippen molar-refractivity contribution in [1.29, 1.82) is 0 Å². The average Bonchev–Trinajstić information content (AvgIpc) is 2.29. The molecule has 0 aliphatic carbocycles. The van der Waals surface area contributed by atoms with Crippen LogP contribution in [0.2, 0.25) is 0 Å². The van der Waals surface area contributed by atoms with Gasteiger partial charge in [-0.3, -0.25) is 4.79 Å². The molecule has 0 aromatic rings. The molecule has 94 valence electrons. The lowest BCUT2D eigenvalue weighted by molar-refractivity contribution is -0.306. The van der Waals surface area contributed by atoms with E-state index in [9.17, 15) is 4.79 Å². The number of carboxylic acid groups (broad SMARTS) is 1. The molecule has 0 aromatic carbocycles. The summed E-state index contributed by atoms with van der Waals surface area (Å²) in [4.78, 5) is 10.4. The highest BCUT2D eigenvalue weighted by molar-refractivity contribution is 5.66. The number of carboxylic acids is 1. The highest BCUT2D eigenvalue weighted by atomic mass is 16.7. The van der Waals surface area contributed by atoms with E-state index in [1.807, 2.05) is 0 Å². The molecule has 0 unspecified atom stereocenters. The monoisotopic (exact) mass is 234 g/mol. The van der Waals surface area contributed by atoms with E-state index >= 15 is 0 Å². The number of rotatable bonds is 5. The van der Waals surface area contributed by atoms with E-state index in [4.69, 9.17) is 24.8 Å². The summed E-state index contributed by atoms with van der Waals surface area (Å²) in [6.07, 6.45) is 0.205. The molecule has 0 spiro atoms. The Labute approximate surface area is 93.8 Å². The van der Waals surface area contributed by atoms with Gasteiger partial charge in [-0.1, -0.05) is 0 Å². The van der Waals surface area contributed by atoms with Gasteiger partial charge >= 0.3 is 5.97 Å². The minimum atomic E-state index is -0.938. The lowest BCUT2D eigenvalue weighted by atomic mass is 9.91. The first-order chi connectivity index (χ1) is 7.45. The maximum absolute atomic E-state index is 10.4. The molecule has 1 fully saturated rings. The maximum atomic E-state index is 10.4. The number of aliphatic hydroxyl groups excluding tert-OH is 2. The summed E-state index contributed by atoms with van der Waals surface area (Å²) in [5, 5.41) is 26.8. The Bertz CT molecular complexity index is 238. The Kier molecular flexibility index (Phi) is 4.26. The number of hydrogen-bond donors (Lipinski definition) is 3. The lowest BCUT2D eigenvalue weighted by Crippen LogP contribution is -2.51. The topological polar surface area (TPSA) is 96.2 Å². The van der Waals surface area contributed by atoms with Gasteiger partial charge in [-0.25, -0.2) is 0 Å². The summed E-state index contributed by atoms with van der Waals surface area (Å²) in [6.45, 7) is 1.54. The van der Waals surface area contributed by atoms with Crippen LogP contribution < -0.4 is 0 Å². The van der Waals surface area contributed by atoms with E-state index in [1.54, 1.807) is 6.92 Å². The Morgan fingerprint density at radius 1 is 1.25 bits per heavy atom. The van der Waals surface area contributed by atoms with E-state index in [2.05, 4.69) is 0 Å². The fourth-order valence-corrected chi connectivity index (χ4v) is 1.41. The molecule has 1 aliphatic heterocycles. The smallest absolute Gasteiger partial charge is 0.303 e. The third-order valence-electron chi connectivity index (χ3n) is 2.83. The number of hydrogen-bond acceptors (Lipinski definition) is 5. The van der Waals surface area contributed by atoms with Gasteiger partial charge in [-0.15, -0.1) is 0 Å². The molecule has 0 radical (unpaired) electrons. The molecule has 1 heterocycles. The molecule has 0 bridgehead atoms. The lowest BCUT2D eigenvalue weighted by Gasteiger charge is -2.43. The Balaban J connectivity index is 2.49. The highest BCUT2D eigenvalue weighted by Gasteiger charge is 2.41. The van der Waals surface area contributed by atoms with Gasteiger partial charge in [0, 0.05) is 6.42 Å². The molecule has 0 atom stereocenters. The third-order valence-corrected chi connectivity index (χ3v) is 2.83. The fraction of sp³-hybridized carbons (Fsp3) is 0.900. The van der Waals surface area contributed by atoms with Crippen molar-refractivity contribution in [2.75, 3.05) is 26.4 Å². The molecule has 1 rings (SSSR count). The number of aliphatic hydroxyl groups is 2. The van der Waals surface area contributed by atoms with Gasteiger partial charge in [0.2, 0.25) is 0 Å². The summed E-state index contributed by atoms with van der Waals surface area (Å²) >= 11 is 0. The van der Waals surface area contributed by atoms with Crippen LogP contribution in [-0.4, -0.2) is 53.5 Å². The SMILES string of the molecule is CC1(CCC(=O)O)OCC(CO)(CO)CO1. The second-order valence-electron chi connectivity index (χ2n) is 4.42. The predicted molar refractivity (Wildman–Crippen MR) is 53.8 cm³/mol. The summed E-state index contributed by atoms with van der Waals surface area (Å²) in [7, 11) is 0. The third kappa shape index (κ3) is 3.15. The molecular formula is C10H18O6. The van der Waals surface area contributed by atoms with Crippen molar-refractivity contribution in [2.24, 2.45) is 5.41 Å². The summed E-state index contributed by atoms with van der Waals surface area (Å²) < 4.78 is 10.8. The zero-order chi connectivity index (χ0) is 12.2. The van der Waals surface area contributed by atoms with Crippen LogP contribution in [0.3, 0.4) is 0 Å². The van der Waals surface area contributed by atoms with E-state index in [-0.39, 0.29) is 39.3 Å². The van der Waals surface area contributed by atoms with Gasteiger partial charge in [0.25, 0.3) is 0 Å². The summed E-state index contributed by atoms with van der Waals surface area (Å²) in [5.41, 5.74) is -0.775. The van der Waals surface area contributed by atoms with Gasteiger partial charge in [-0.05, 0) is 6.92 Å². The Hall–Kier alpha value is -0.690. The molecule has 0 saturated carbocycles. The number of carbonyl (C=O) groups is 1. The fourth-order valence-electron chi connectivity index (χ4n) is 1.41. The summed E-state index contributed by atoms with van der Waals surface area (Å²) in [6, 6.07) is 0. The molecule has 1 saturated heterocycles. The Morgan fingerprint density at radius 3 is 2.12 bits per heavy atom. The van der Waals surface area contributed by atoms with Gasteiger partial charge < -0.3 is 24.8 Å². The van der Waals surface area contributed by atoms with E-state index in [0.717, 1.165) is 0 Å². The molecule has 0 aromatic heterocycles. The second-order valence-corrected chi connectivity index (χ2v) is 4.42. The predicted octanol–water partition coefficient (Wildman–Crippen LogP) is -0.415. The highest BCUT2D eigenvalue weighted by Crippen LogP contribution is 2.32. The molecule has 1 aliphatic rings. The molecular weight excluding hydrogens is 216 g/mol. The first-order valence-electron chi connectivity index (χ1n) is 5.17. The minimum Gasteiger partial charge on any atom is -0.481 e. The van der Waals surface area contributed by atoms with E-state index in [0.29, 0.717) is 0 Å². The zero-order valence-corrected chi connectivity index (χ0v) is 9.31. The van der Waals surface area contributed by atoms with Crippen LogP contribution in [0.25, 0.3) is 0 Å². The normalized spacial score (nSPS) is 22.9. The molecule has 16 heavy (non-hydrogen) atoms. The first kappa shape index (κ1) is 13.4. The van der Waals surface area contributed by atoms with Crippen molar-refractivity contribution in [3.63, 3.8) is 0 Å². The van der Waals surface area contributed by atoms with Crippen LogP contribution in [0.4, 0.5) is 0 Å². The van der Waals surface area contributed by atoms with Crippen LogP contribution in [-0.2, 0) is 14.3 Å². The molecule has 0 amide bonds. The van der Waals surface area contributed by atoms with Crippen molar-refractivity contribution in [3.05, 3.63) is 0 Å². The van der Waals surface area contributed by atoms with Gasteiger partial charge in [0.15, 0.2) is 5.79 Å². The second kappa shape index (κ2) is 5.09. The van der Waals surface area contributed by atoms with Crippen LogP contribution in [0, 0.1) is 5.41 Å². The van der Waals surface area contributed by atoms with E-state index < -0.39 is 17.2 Å². The number of ether oxygens (including phenoxy) is 2. The quantitative estimate of drug-likeness (QED) is 0.598. The van der Waals surface area contributed by atoms with Crippen LogP contribution >= 0.6 is 0 Å². The van der Waals surface area contributed by atoms with Crippen LogP contribution in [0.5, 0.6) is 0 Å². The summed E-state index contributed by atoms with van der Waals surface area (Å²) in [5.74, 6) is -1.85. The standard InChI is InChI=1S/C10H18O6/c1-9(3-2-8(13)14)15-6-10(4-11,5-12)7-16-9/h11-12H,2-7H2,1H3,(H,13,14). The van der Waals surface area contributed by atoms with E-state index in [1.165, 1.54) is 0 Å². The minimum absolute atomic E-state index is 0.0399. The molecule has 3 N–H and O–H groups in total. The van der Waals surface area contributed by atoms with Crippen molar-refractivity contribution < 1.29 is 29.6 Å². The van der Waals surface area contributed by atoms with Gasteiger partial charge in [0.1, 0.15) is 0 Å². The van der Waals surface area contributed by atoms with Gasteiger partial charge in [-0.2, -0.15) is 0 Å². The largest absolute Gasteiger partial charge is 0.481 e. The zero-order valence-electron chi connectivity index (χ0n) is 9.31. The van der Waals surface area contributed by atoms with Crippen molar-refractivity contribution in [1.82, 2.24) is 0 Å². The first-order valence-corrected chi connectivity index (χ1v) is 5.17. The van der Waals surface area contributed by atoms with Crippen LogP contribution in [0.1, 0.15) is 19.8 Å². The Morgan fingerprint density at radius 2 is 1.75 bits per heavy atom. The van der Waals surface area contributed by atoms with Crippen molar-refractivity contribution in [3.8, 4) is 0 Å². The average molecular weight is 234 g/mol. The number of aliphatic carboxylic acids is 1. The molecule has 6 heteroatoms. The van der Waals surface area contributed by atoms with Crippen molar-refractivity contribution in [2.45, 2.75) is 25.6 Å². The molecule has 6 nitrogen and oxygen atoms in total. The van der Waals surface area contributed by atoms with Gasteiger partial charge in [0.05, 0.1) is 38.3 Å². The van der Waals surface area contributed by atoms with Crippen LogP contribution in [0.15, 0.2) is 0 Å². The van der Waals surface area contributed by atoms with Crippen molar-refractivity contribution >= 4 is 5.97 Å². The maximum Gasteiger partial charge on any atom is 0.303 e.